The molecule has 1 aromatic carbocycles. The maximum Gasteiger partial charge on any atom is 0.327 e. The van der Waals surface area contributed by atoms with Crippen molar-refractivity contribution >= 4 is 52.7 Å². The fourth-order valence-electron chi connectivity index (χ4n) is 1.93. The molecule has 0 aromatic heterocycles. The molecule has 0 aliphatic carbocycles. The summed E-state index contributed by atoms with van der Waals surface area (Å²) in [6.45, 7) is 1.78. The Labute approximate surface area is 130 Å². The van der Waals surface area contributed by atoms with E-state index in [0.717, 1.165) is 0 Å². The summed E-state index contributed by atoms with van der Waals surface area (Å²) < 4.78 is 0. The van der Waals surface area contributed by atoms with Gasteiger partial charge in [-0.3, -0.25) is 4.90 Å². The number of para-hydroxylation sites is 1. The summed E-state index contributed by atoms with van der Waals surface area (Å²) in [4.78, 5) is 24.7. The van der Waals surface area contributed by atoms with Gasteiger partial charge in [-0.2, -0.15) is 0 Å². The van der Waals surface area contributed by atoms with Crippen molar-refractivity contribution < 1.29 is 14.7 Å². The summed E-state index contributed by atoms with van der Waals surface area (Å²) >= 11 is 13.4. The molecule has 1 aliphatic heterocycles. The number of carboxylic acid groups (broad SMARTS) is 1. The minimum Gasteiger partial charge on any atom is -0.480 e. The van der Waals surface area contributed by atoms with Crippen LogP contribution in [-0.2, 0) is 4.79 Å². The van der Waals surface area contributed by atoms with E-state index in [2.05, 4.69) is 5.32 Å². The highest BCUT2D eigenvalue weighted by atomic mass is 35.5. The number of aliphatic carboxylic acids is 1. The number of benzene rings is 1. The zero-order valence-electron chi connectivity index (χ0n) is 10.5. The van der Waals surface area contributed by atoms with E-state index < -0.39 is 18.0 Å². The summed E-state index contributed by atoms with van der Waals surface area (Å²) in [6.07, 6.45) is 0. The molecule has 0 bridgehead atoms. The fraction of sp³-hybridized carbons (Fsp3) is 0.333. The first-order valence-corrected chi connectivity index (χ1v) is 7.60. The molecule has 1 aliphatic rings. The molecule has 5 nitrogen and oxygen atoms in total. The monoisotopic (exact) mass is 334 g/mol. The number of carboxylic acids is 1. The number of anilines is 1. The van der Waals surface area contributed by atoms with E-state index >= 15 is 0 Å². The summed E-state index contributed by atoms with van der Waals surface area (Å²) in [6, 6.07) is 3.48. The molecular weight excluding hydrogens is 323 g/mol. The Bertz CT molecular complexity index is 535. The second-order valence-electron chi connectivity index (χ2n) is 4.22. The SMILES string of the molecule is CC1SCC(C(=O)O)N1C(=O)Nc1c(Cl)cccc1Cl. The fourth-order valence-corrected chi connectivity index (χ4v) is 3.59. The molecule has 1 fully saturated rings. The van der Waals surface area contributed by atoms with Gasteiger partial charge in [0.25, 0.3) is 0 Å². The number of rotatable bonds is 2. The Hall–Kier alpha value is -1.11. The molecule has 8 heteroatoms. The number of nitrogens with one attached hydrogen (secondary N) is 1. The van der Waals surface area contributed by atoms with Gasteiger partial charge in [-0.1, -0.05) is 29.3 Å². The van der Waals surface area contributed by atoms with Crippen LogP contribution in [-0.4, -0.2) is 39.2 Å². The van der Waals surface area contributed by atoms with Crippen LogP contribution in [0.1, 0.15) is 6.92 Å². The maximum absolute atomic E-state index is 12.3. The Kier molecular flexibility index (Phi) is 4.67. The van der Waals surface area contributed by atoms with Crippen LogP contribution in [0, 0.1) is 0 Å². The number of carbonyl (C=O) groups is 2. The molecule has 0 spiro atoms. The van der Waals surface area contributed by atoms with E-state index in [0.29, 0.717) is 15.8 Å². The second-order valence-corrected chi connectivity index (χ2v) is 6.38. The predicted molar refractivity (Wildman–Crippen MR) is 80.7 cm³/mol. The smallest absolute Gasteiger partial charge is 0.327 e. The van der Waals surface area contributed by atoms with Crippen LogP contribution < -0.4 is 5.32 Å². The lowest BCUT2D eigenvalue weighted by Gasteiger charge is -2.25. The third-order valence-electron chi connectivity index (χ3n) is 2.94. The first-order valence-electron chi connectivity index (χ1n) is 5.79. The zero-order valence-corrected chi connectivity index (χ0v) is 12.8. The Morgan fingerprint density at radius 2 is 2.00 bits per heavy atom. The molecule has 20 heavy (non-hydrogen) atoms. The van der Waals surface area contributed by atoms with Crippen LogP contribution >= 0.6 is 35.0 Å². The van der Waals surface area contributed by atoms with E-state index in [-0.39, 0.29) is 11.1 Å². The molecule has 2 rings (SSSR count). The third-order valence-corrected chi connectivity index (χ3v) is 4.78. The van der Waals surface area contributed by atoms with Crippen molar-refractivity contribution in [2.45, 2.75) is 18.3 Å². The number of amides is 2. The molecular formula is C12H12Cl2N2O3S. The maximum atomic E-state index is 12.3. The molecule has 0 saturated carbocycles. The topological polar surface area (TPSA) is 69.6 Å². The number of urea groups is 1. The van der Waals surface area contributed by atoms with Gasteiger partial charge in [0.05, 0.1) is 21.1 Å². The van der Waals surface area contributed by atoms with Gasteiger partial charge in [-0.25, -0.2) is 9.59 Å². The highest BCUT2D eigenvalue weighted by molar-refractivity contribution is 8.00. The molecule has 2 amide bonds. The lowest BCUT2D eigenvalue weighted by Crippen LogP contribution is -2.46. The van der Waals surface area contributed by atoms with Gasteiger partial charge < -0.3 is 10.4 Å². The normalized spacial score (nSPS) is 21.9. The number of hydrogen-bond donors (Lipinski definition) is 2. The summed E-state index contributed by atoms with van der Waals surface area (Å²) in [7, 11) is 0. The van der Waals surface area contributed by atoms with Gasteiger partial charge in [0, 0.05) is 5.75 Å². The number of halogens is 2. The molecule has 108 valence electrons. The number of hydrogen-bond acceptors (Lipinski definition) is 3. The van der Waals surface area contributed by atoms with Crippen LogP contribution in [0.5, 0.6) is 0 Å². The minimum absolute atomic E-state index is 0.225. The summed E-state index contributed by atoms with van der Waals surface area (Å²) in [5.41, 5.74) is 0.286. The average Bonchev–Trinajstić information content (AvgIpc) is 2.76. The van der Waals surface area contributed by atoms with Crippen LogP contribution in [0.25, 0.3) is 0 Å². The van der Waals surface area contributed by atoms with Crippen molar-refractivity contribution in [3.63, 3.8) is 0 Å². The summed E-state index contributed by atoms with van der Waals surface area (Å²) in [5.74, 6) is -0.664. The average molecular weight is 335 g/mol. The van der Waals surface area contributed by atoms with Crippen LogP contribution in [0.3, 0.4) is 0 Å². The van der Waals surface area contributed by atoms with Gasteiger partial charge in [-0.05, 0) is 19.1 Å². The summed E-state index contributed by atoms with van der Waals surface area (Å²) in [5, 5.41) is 12.1. The highest BCUT2D eigenvalue weighted by Crippen LogP contribution is 2.33. The zero-order chi connectivity index (χ0) is 14.9. The van der Waals surface area contributed by atoms with Crippen molar-refractivity contribution in [2.75, 3.05) is 11.1 Å². The van der Waals surface area contributed by atoms with Gasteiger partial charge >= 0.3 is 12.0 Å². The second kappa shape index (κ2) is 6.11. The van der Waals surface area contributed by atoms with Gasteiger partial charge in [0.1, 0.15) is 6.04 Å². The van der Waals surface area contributed by atoms with Crippen molar-refractivity contribution in [3.8, 4) is 0 Å². The molecule has 2 N–H and O–H groups in total. The van der Waals surface area contributed by atoms with Crippen LogP contribution in [0.15, 0.2) is 18.2 Å². The van der Waals surface area contributed by atoms with Crippen molar-refractivity contribution in [2.24, 2.45) is 0 Å². The lowest BCUT2D eigenvalue weighted by atomic mass is 10.3. The molecule has 1 heterocycles. The number of carbonyl (C=O) groups excluding carboxylic acids is 1. The molecule has 2 unspecified atom stereocenters. The lowest BCUT2D eigenvalue weighted by molar-refractivity contribution is -0.141. The van der Waals surface area contributed by atoms with E-state index in [9.17, 15) is 9.59 Å². The van der Waals surface area contributed by atoms with Gasteiger partial charge in [0.2, 0.25) is 0 Å². The van der Waals surface area contributed by atoms with E-state index in [4.69, 9.17) is 28.3 Å². The number of thioether (sulfide) groups is 1. The first-order chi connectivity index (χ1) is 9.41. The van der Waals surface area contributed by atoms with Crippen molar-refractivity contribution in [3.05, 3.63) is 28.2 Å². The van der Waals surface area contributed by atoms with Gasteiger partial charge in [-0.15, -0.1) is 11.8 Å². The Morgan fingerprint density at radius 1 is 1.40 bits per heavy atom. The van der Waals surface area contributed by atoms with E-state index in [1.807, 2.05) is 0 Å². The number of nitrogens with zero attached hydrogens (tertiary/aromatic N) is 1. The highest BCUT2D eigenvalue weighted by Gasteiger charge is 2.39. The van der Waals surface area contributed by atoms with Crippen LogP contribution in [0.2, 0.25) is 10.0 Å². The standard InChI is InChI=1S/C12H12Cl2N2O3S/c1-6-16(9(5-20-6)11(17)18)12(19)15-10-7(13)3-2-4-8(10)14/h2-4,6,9H,5H2,1H3,(H,15,19)(H,17,18). The Balaban J connectivity index is 2.21. The molecule has 0 radical (unpaired) electrons. The molecule has 2 atom stereocenters. The minimum atomic E-state index is -1.03. The largest absolute Gasteiger partial charge is 0.480 e. The molecule has 1 saturated heterocycles. The van der Waals surface area contributed by atoms with E-state index in [1.54, 1.807) is 25.1 Å². The molecule has 1 aromatic rings. The van der Waals surface area contributed by atoms with Crippen molar-refractivity contribution in [1.82, 2.24) is 4.90 Å². The third kappa shape index (κ3) is 2.97. The van der Waals surface area contributed by atoms with Crippen LogP contribution in [0.4, 0.5) is 10.5 Å². The van der Waals surface area contributed by atoms with E-state index in [1.165, 1.54) is 16.7 Å². The van der Waals surface area contributed by atoms with Gasteiger partial charge in [0.15, 0.2) is 0 Å². The predicted octanol–water partition coefficient (Wildman–Crippen LogP) is 3.37. The quantitative estimate of drug-likeness (QED) is 0.869. The van der Waals surface area contributed by atoms with Crippen molar-refractivity contribution in [1.29, 1.82) is 0 Å². The first kappa shape index (κ1) is 15.3. The Morgan fingerprint density at radius 3 is 2.55 bits per heavy atom.